The van der Waals surface area contributed by atoms with E-state index in [1.54, 1.807) is 12.3 Å². The van der Waals surface area contributed by atoms with Crippen molar-refractivity contribution in [2.45, 2.75) is 32.4 Å². The minimum Gasteiger partial charge on any atom is -0.465 e. The fourth-order valence-corrected chi connectivity index (χ4v) is 3.76. The van der Waals surface area contributed by atoms with E-state index in [2.05, 4.69) is 5.10 Å². The Kier molecular flexibility index (Phi) is 5.34. The number of methoxy groups -OCH3 is 1. The molecule has 3 aromatic rings. The number of anilines is 1. The molecule has 2 heterocycles. The highest BCUT2D eigenvalue weighted by atomic mass is 35.5. The number of aryl methyl sites for hydroxylation is 1. The van der Waals surface area contributed by atoms with Crippen molar-refractivity contribution in [3.05, 3.63) is 46.6 Å². The van der Waals surface area contributed by atoms with Crippen LogP contribution in [0.3, 0.4) is 0 Å². The van der Waals surface area contributed by atoms with Gasteiger partial charge in [-0.3, -0.25) is 0 Å². The highest BCUT2D eigenvalue weighted by Gasteiger charge is 2.22. The lowest BCUT2D eigenvalue weighted by Crippen LogP contribution is -2.18. The first-order valence-corrected chi connectivity index (χ1v) is 9.81. The zero-order valence-corrected chi connectivity index (χ0v) is 17.0. The number of halogens is 1. The van der Waals surface area contributed by atoms with E-state index in [0.717, 1.165) is 42.3 Å². The SMILES string of the molecule is COC(=O)c1cc(Cl)cc(Oc2c(C)ccc3c2cnn3C2CCCCO2)c1N. The molecule has 2 N–H and O–H groups in total. The van der Waals surface area contributed by atoms with Crippen LogP contribution < -0.4 is 10.5 Å². The zero-order valence-electron chi connectivity index (χ0n) is 16.3. The first kappa shape index (κ1) is 19.5. The molecule has 1 atom stereocenters. The third-order valence-corrected chi connectivity index (χ3v) is 5.30. The van der Waals surface area contributed by atoms with Gasteiger partial charge in [0.1, 0.15) is 5.75 Å². The topological polar surface area (TPSA) is 88.6 Å². The van der Waals surface area contributed by atoms with E-state index in [1.807, 2.05) is 23.7 Å². The minimum absolute atomic E-state index is 0.0843. The van der Waals surface area contributed by atoms with E-state index in [1.165, 1.54) is 13.2 Å². The molecule has 1 fully saturated rings. The summed E-state index contributed by atoms with van der Waals surface area (Å²) in [6.45, 7) is 2.67. The van der Waals surface area contributed by atoms with Gasteiger partial charge < -0.3 is 19.9 Å². The van der Waals surface area contributed by atoms with Crippen LogP contribution in [0.5, 0.6) is 11.5 Å². The minimum atomic E-state index is -0.577. The van der Waals surface area contributed by atoms with Crippen LogP contribution in [0.25, 0.3) is 10.9 Å². The molecule has 0 bridgehead atoms. The monoisotopic (exact) mass is 415 g/mol. The van der Waals surface area contributed by atoms with Crippen molar-refractivity contribution in [3.8, 4) is 11.5 Å². The predicted molar refractivity (Wildman–Crippen MR) is 111 cm³/mol. The number of carbonyl (C=O) groups excluding carboxylic acids is 1. The van der Waals surface area contributed by atoms with E-state index >= 15 is 0 Å². The average molecular weight is 416 g/mol. The highest BCUT2D eigenvalue weighted by molar-refractivity contribution is 6.31. The highest BCUT2D eigenvalue weighted by Crippen LogP contribution is 2.39. The first-order valence-electron chi connectivity index (χ1n) is 9.43. The van der Waals surface area contributed by atoms with Crippen molar-refractivity contribution < 1.29 is 19.0 Å². The Labute approximate surface area is 173 Å². The molecule has 0 saturated carbocycles. The quantitative estimate of drug-likeness (QED) is 0.483. The standard InChI is InChI=1S/C21H22ClN3O4/c1-12-6-7-16-15(11-24-25(16)18-5-3-4-8-28-18)20(12)29-17-10-13(22)9-14(19(17)23)21(26)27-2/h6-7,9-11,18H,3-5,8,23H2,1-2H3. The number of ether oxygens (including phenoxy) is 3. The predicted octanol–water partition coefficient (Wildman–Crippen LogP) is 4.86. The number of nitrogens with zero attached hydrogens (tertiary/aromatic N) is 2. The summed E-state index contributed by atoms with van der Waals surface area (Å²) in [4.78, 5) is 12.0. The molecule has 1 saturated heterocycles. The van der Waals surface area contributed by atoms with Gasteiger partial charge in [-0.2, -0.15) is 5.10 Å². The van der Waals surface area contributed by atoms with Crippen LogP contribution in [0.1, 0.15) is 41.4 Å². The van der Waals surface area contributed by atoms with Gasteiger partial charge in [-0.15, -0.1) is 0 Å². The summed E-state index contributed by atoms with van der Waals surface area (Å²) in [6.07, 6.45) is 4.78. The van der Waals surface area contributed by atoms with Crippen LogP contribution in [0.2, 0.25) is 5.02 Å². The van der Waals surface area contributed by atoms with Gasteiger partial charge in [0, 0.05) is 17.7 Å². The van der Waals surface area contributed by atoms with Gasteiger partial charge in [-0.1, -0.05) is 17.7 Å². The van der Waals surface area contributed by atoms with Gasteiger partial charge in [0.15, 0.2) is 12.0 Å². The molecule has 8 heteroatoms. The number of carbonyl (C=O) groups is 1. The number of esters is 1. The Bertz CT molecular complexity index is 1070. The van der Waals surface area contributed by atoms with Crippen LogP contribution >= 0.6 is 11.6 Å². The molecule has 0 aliphatic carbocycles. The Morgan fingerprint density at radius 3 is 2.90 bits per heavy atom. The average Bonchev–Trinajstić information content (AvgIpc) is 3.16. The second-order valence-corrected chi connectivity index (χ2v) is 7.45. The molecule has 1 aliphatic heterocycles. The second-order valence-electron chi connectivity index (χ2n) is 7.01. The van der Waals surface area contributed by atoms with Crippen molar-refractivity contribution in [2.24, 2.45) is 0 Å². The van der Waals surface area contributed by atoms with Crippen molar-refractivity contribution >= 4 is 34.2 Å². The maximum Gasteiger partial charge on any atom is 0.340 e. The van der Waals surface area contributed by atoms with Crippen LogP contribution in [0.15, 0.2) is 30.5 Å². The summed E-state index contributed by atoms with van der Waals surface area (Å²) in [5, 5.41) is 5.70. The van der Waals surface area contributed by atoms with Crippen LogP contribution in [0, 0.1) is 6.92 Å². The van der Waals surface area contributed by atoms with E-state index in [0.29, 0.717) is 10.8 Å². The first-order chi connectivity index (χ1) is 14.0. The largest absolute Gasteiger partial charge is 0.465 e. The number of fused-ring (bicyclic) bond motifs is 1. The Morgan fingerprint density at radius 2 is 2.17 bits per heavy atom. The molecule has 0 spiro atoms. The molecule has 2 aromatic carbocycles. The second kappa shape index (κ2) is 7.93. The van der Waals surface area contributed by atoms with E-state index in [-0.39, 0.29) is 23.2 Å². The van der Waals surface area contributed by atoms with E-state index in [4.69, 9.17) is 31.5 Å². The fraction of sp³-hybridized carbons (Fsp3) is 0.333. The van der Waals surface area contributed by atoms with E-state index < -0.39 is 5.97 Å². The Morgan fingerprint density at radius 1 is 1.34 bits per heavy atom. The third-order valence-electron chi connectivity index (χ3n) is 5.08. The van der Waals surface area contributed by atoms with Gasteiger partial charge in [0.05, 0.1) is 35.5 Å². The Hall–Kier alpha value is -2.77. The molecular formula is C21H22ClN3O4. The number of nitrogens with two attached hydrogens (primary N) is 1. The van der Waals surface area contributed by atoms with Crippen molar-refractivity contribution in [1.29, 1.82) is 0 Å². The molecule has 1 aliphatic rings. The van der Waals surface area contributed by atoms with Crippen LogP contribution in [0.4, 0.5) is 5.69 Å². The van der Waals surface area contributed by atoms with E-state index in [9.17, 15) is 4.79 Å². The molecule has 1 aromatic heterocycles. The number of benzene rings is 2. The summed E-state index contributed by atoms with van der Waals surface area (Å²) in [7, 11) is 1.29. The number of aromatic nitrogens is 2. The zero-order chi connectivity index (χ0) is 20.5. The summed E-state index contributed by atoms with van der Waals surface area (Å²) in [5.41, 5.74) is 8.31. The fourth-order valence-electron chi connectivity index (χ4n) is 3.55. The molecule has 0 amide bonds. The molecular weight excluding hydrogens is 394 g/mol. The van der Waals surface area contributed by atoms with Gasteiger partial charge >= 0.3 is 5.97 Å². The van der Waals surface area contributed by atoms with Crippen molar-refractivity contribution in [2.75, 3.05) is 19.5 Å². The van der Waals surface area contributed by atoms with Crippen LogP contribution in [-0.4, -0.2) is 29.5 Å². The smallest absolute Gasteiger partial charge is 0.340 e. The van der Waals surface area contributed by atoms with Gasteiger partial charge in [0.2, 0.25) is 0 Å². The maximum atomic E-state index is 12.0. The molecule has 0 radical (unpaired) electrons. The summed E-state index contributed by atoms with van der Waals surface area (Å²) >= 11 is 6.18. The molecule has 152 valence electrons. The lowest BCUT2D eigenvalue weighted by molar-refractivity contribution is -0.0366. The normalized spacial score (nSPS) is 16.7. The number of rotatable bonds is 4. The van der Waals surface area contributed by atoms with Crippen molar-refractivity contribution in [3.63, 3.8) is 0 Å². The number of nitrogen functional groups attached to an aromatic ring is 1. The third kappa shape index (κ3) is 3.63. The molecule has 4 rings (SSSR count). The van der Waals surface area contributed by atoms with Gasteiger partial charge in [0.25, 0.3) is 0 Å². The molecule has 29 heavy (non-hydrogen) atoms. The maximum absolute atomic E-state index is 12.0. The lowest BCUT2D eigenvalue weighted by Gasteiger charge is -2.23. The summed E-state index contributed by atoms with van der Waals surface area (Å²) in [5.74, 6) is 0.316. The van der Waals surface area contributed by atoms with Gasteiger partial charge in [-0.05, 0) is 43.9 Å². The van der Waals surface area contributed by atoms with Crippen molar-refractivity contribution in [1.82, 2.24) is 9.78 Å². The van der Waals surface area contributed by atoms with Crippen LogP contribution in [-0.2, 0) is 9.47 Å². The summed E-state index contributed by atoms with van der Waals surface area (Å²) in [6, 6.07) is 7.00. The lowest BCUT2D eigenvalue weighted by atomic mass is 10.1. The van der Waals surface area contributed by atoms with Gasteiger partial charge in [-0.25, -0.2) is 9.48 Å². The number of hydrogen-bond donors (Lipinski definition) is 1. The molecule has 1 unspecified atom stereocenters. The number of hydrogen-bond acceptors (Lipinski definition) is 6. The summed E-state index contributed by atoms with van der Waals surface area (Å²) < 4.78 is 18.7. The Balaban J connectivity index is 1.77. The molecule has 7 nitrogen and oxygen atoms in total.